The van der Waals surface area contributed by atoms with E-state index in [0.29, 0.717) is 16.3 Å². The van der Waals surface area contributed by atoms with Crippen LogP contribution in [0.15, 0.2) is 22.8 Å². The fourth-order valence-corrected chi connectivity index (χ4v) is 2.97. The first-order chi connectivity index (χ1) is 11.2. The highest BCUT2D eigenvalue weighted by Crippen LogP contribution is 2.38. The van der Waals surface area contributed by atoms with Gasteiger partial charge < -0.3 is 9.15 Å². The van der Waals surface area contributed by atoms with E-state index in [-0.39, 0.29) is 23.9 Å². The SMILES string of the molecule is CC(C)(C)c1cc(C2CC(=O)OC2=O)cc2coc(C(=O)C=O)c12. The van der Waals surface area contributed by atoms with E-state index in [1.165, 1.54) is 6.26 Å². The quantitative estimate of drug-likeness (QED) is 0.283. The molecule has 1 fully saturated rings. The van der Waals surface area contributed by atoms with Gasteiger partial charge in [-0.3, -0.25) is 19.2 Å². The van der Waals surface area contributed by atoms with Gasteiger partial charge in [-0.15, -0.1) is 0 Å². The summed E-state index contributed by atoms with van der Waals surface area (Å²) in [5.41, 5.74) is 1.03. The molecule has 1 unspecified atom stereocenters. The molecule has 0 spiro atoms. The fraction of sp³-hybridized carbons (Fsp3) is 0.333. The van der Waals surface area contributed by atoms with E-state index in [2.05, 4.69) is 4.74 Å². The van der Waals surface area contributed by atoms with Gasteiger partial charge in [-0.1, -0.05) is 26.8 Å². The summed E-state index contributed by atoms with van der Waals surface area (Å²) in [6, 6.07) is 3.48. The Morgan fingerprint density at radius 1 is 1.25 bits per heavy atom. The van der Waals surface area contributed by atoms with Crippen molar-refractivity contribution >= 4 is 34.8 Å². The third-order valence-corrected chi connectivity index (χ3v) is 4.13. The third-order valence-electron chi connectivity index (χ3n) is 4.13. The second-order valence-electron chi connectivity index (χ2n) is 6.88. The molecule has 1 atom stereocenters. The molecule has 0 radical (unpaired) electrons. The molecule has 24 heavy (non-hydrogen) atoms. The Hall–Kier alpha value is -2.76. The molecule has 1 aromatic carbocycles. The number of ether oxygens (including phenoxy) is 1. The van der Waals surface area contributed by atoms with Crippen LogP contribution in [-0.4, -0.2) is 24.0 Å². The maximum atomic E-state index is 11.9. The first kappa shape index (κ1) is 16.1. The van der Waals surface area contributed by atoms with Crippen LogP contribution in [0.4, 0.5) is 0 Å². The number of cyclic esters (lactones) is 2. The maximum absolute atomic E-state index is 11.9. The van der Waals surface area contributed by atoms with Crippen molar-refractivity contribution in [2.24, 2.45) is 0 Å². The van der Waals surface area contributed by atoms with Gasteiger partial charge in [0.15, 0.2) is 12.0 Å². The number of Topliss-reactive ketones (excluding diaryl/α,β-unsaturated/α-hetero) is 1. The van der Waals surface area contributed by atoms with Crippen molar-refractivity contribution in [3.05, 3.63) is 35.3 Å². The minimum Gasteiger partial charge on any atom is -0.459 e. The van der Waals surface area contributed by atoms with Gasteiger partial charge in [0.25, 0.3) is 5.78 Å². The first-order valence-electron chi connectivity index (χ1n) is 7.52. The normalized spacial score (nSPS) is 18.0. The number of carbonyl (C=O) groups is 4. The van der Waals surface area contributed by atoms with Crippen molar-refractivity contribution in [2.75, 3.05) is 0 Å². The molecule has 0 bridgehead atoms. The standard InChI is InChI=1S/C18H16O6/c1-18(2,3)12-5-9(11-6-14(21)24-17(11)22)4-10-8-23-16(15(10)12)13(20)7-19/h4-5,7-8,11H,6H2,1-3H3. The number of aldehydes is 1. The molecular formula is C18H16O6. The number of esters is 2. The highest BCUT2D eigenvalue weighted by molar-refractivity contribution is 6.35. The molecule has 6 heteroatoms. The predicted molar refractivity (Wildman–Crippen MR) is 83.8 cm³/mol. The Balaban J connectivity index is 2.26. The monoisotopic (exact) mass is 328 g/mol. The first-order valence-corrected chi connectivity index (χ1v) is 7.52. The summed E-state index contributed by atoms with van der Waals surface area (Å²) in [6.07, 6.45) is 1.59. The number of carbonyl (C=O) groups excluding carboxylic acids is 4. The summed E-state index contributed by atoms with van der Waals surface area (Å²) in [7, 11) is 0. The van der Waals surface area contributed by atoms with Crippen LogP contribution < -0.4 is 0 Å². The highest BCUT2D eigenvalue weighted by atomic mass is 16.6. The summed E-state index contributed by atoms with van der Waals surface area (Å²) in [5, 5.41) is 1.16. The van der Waals surface area contributed by atoms with E-state index in [1.54, 1.807) is 12.1 Å². The van der Waals surface area contributed by atoms with Gasteiger partial charge in [0.05, 0.1) is 18.6 Å². The molecule has 6 nitrogen and oxygen atoms in total. The summed E-state index contributed by atoms with van der Waals surface area (Å²) in [6.45, 7) is 5.85. The molecule has 2 aromatic rings. The number of rotatable bonds is 3. The summed E-state index contributed by atoms with van der Waals surface area (Å²) in [4.78, 5) is 45.9. The number of hydrogen-bond acceptors (Lipinski definition) is 6. The molecule has 1 saturated heterocycles. The van der Waals surface area contributed by atoms with E-state index in [4.69, 9.17) is 4.42 Å². The smallest absolute Gasteiger partial charge is 0.321 e. The van der Waals surface area contributed by atoms with Gasteiger partial charge in [0.2, 0.25) is 0 Å². The molecule has 0 N–H and O–H groups in total. The Bertz CT molecular complexity index is 881. The molecule has 2 heterocycles. The van der Waals surface area contributed by atoms with E-state index < -0.39 is 23.6 Å². The average molecular weight is 328 g/mol. The zero-order chi connectivity index (χ0) is 17.6. The van der Waals surface area contributed by atoms with Crippen molar-refractivity contribution in [3.63, 3.8) is 0 Å². The van der Waals surface area contributed by atoms with Crippen LogP contribution in [0.1, 0.15) is 54.8 Å². The van der Waals surface area contributed by atoms with Crippen LogP contribution in [0, 0.1) is 0 Å². The van der Waals surface area contributed by atoms with Gasteiger partial charge in [0, 0.05) is 10.8 Å². The predicted octanol–water partition coefficient (Wildman–Crippen LogP) is 2.67. The number of furan rings is 1. The lowest BCUT2D eigenvalue weighted by molar-refractivity contribution is -0.152. The lowest BCUT2D eigenvalue weighted by atomic mass is 9.81. The summed E-state index contributed by atoms with van der Waals surface area (Å²) < 4.78 is 9.93. The summed E-state index contributed by atoms with van der Waals surface area (Å²) in [5.74, 6) is -2.54. The van der Waals surface area contributed by atoms with Crippen molar-refractivity contribution < 1.29 is 28.3 Å². The van der Waals surface area contributed by atoms with Crippen LogP contribution in [0.5, 0.6) is 0 Å². The van der Waals surface area contributed by atoms with Gasteiger partial charge in [-0.05, 0) is 22.6 Å². The van der Waals surface area contributed by atoms with Gasteiger partial charge in [0.1, 0.15) is 0 Å². The van der Waals surface area contributed by atoms with Crippen molar-refractivity contribution in [1.29, 1.82) is 0 Å². The van der Waals surface area contributed by atoms with Gasteiger partial charge in [-0.25, -0.2) is 0 Å². The molecule has 0 saturated carbocycles. The third kappa shape index (κ3) is 2.54. The molecule has 0 amide bonds. The van der Waals surface area contributed by atoms with E-state index >= 15 is 0 Å². The largest absolute Gasteiger partial charge is 0.459 e. The fourth-order valence-electron chi connectivity index (χ4n) is 2.97. The Morgan fingerprint density at radius 3 is 2.50 bits per heavy atom. The number of benzene rings is 1. The van der Waals surface area contributed by atoms with E-state index in [9.17, 15) is 19.2 Å². The molecule has 0 aliphatic carbocycles. The second kappa shape index (κ2) is 5.40. The Morgan fingerprint density at radius 2 is 1.96 bits per heavy atom. The Labute approximate surface area is 137 Å². The van der Waals surface area contributed by atoms with Gasteiger partial charge >= 0.3 is 11.9 Å². The van der Waals surface area contributed by atoms with E-state index in [0.717, 1.165) is 5.56 Å². The highest BCUT2D eigenvalue weighted by Gasteiger charge is 2.36. The minimum absolute atomic E-state index is 0.00804. The average Bonchev–Trinajstić information content (AvgIpc) is 3.07. The minimum atomic E-state index is -0.737. The molecule has 1 aliphatic rings. The number of fused-ring (bicyclic) bond motifs is 1. The molecule has 1 aromatic heterocycles. The number of hydrogen-bond donors (Lipinski definition) is 0. The molecule has 3 rings (SSSR count). The summed E-state index contributed by atoms with van der Waals surface area (Å²) >= 11 is 0. The van der Waals surface area contributed by atoms with Crippen molar-refractivity contribution in [1.82, 2.24) is 0 Å². The van der Waals surface area contributed by atoms with Crippen LogP contribution in [0.25, 0.3) is 10.8 Å². The van der Waals surface area contributed by atoms with Crippen LogP contribution in [0.3, 0.4) is 0 Å². The lowest BCUT2D eigenvalue weighted by Gasteiger charge is -2.22. The zero-order valence-corrected chi connectivity index (χ0v) is 13.5. The van der Waals surface area contributed by atoms with E-state index in [1.807, 2.05) is 20.8 Å². The van der Waals surface area contributed by atoms with Gasteiger partial charge in [-0.2, -0.15) is 0 Å². The lowest BCUT2D eigenvalue weighted by Crippen LogP contribution is -2.15. The van der Waals surface area contributed by atoms with Crippen molar-refractivity contribution in [3.8, 4) is 0 Å². The Kier molecular flexibility index (Phi) is 3.63. The molecule has 1 aliphatic heterocycles. The topological polar surface area (TPSA) is 90.7 Å². The number of ketones is 1. The molecule has 124 valence electrons. The second-order valence-corrected chi connectivity index (χ2v) is 6.88. The van der Waals surface area contributed by atoms with Crippen LogP contribution in [0.2, 0.25) is 0 Å². The molecular weight excluding hydrogens is 312 g/mol. The van der Waals surface area contributed by atoms with Crippen molar-refractivity contribution in [2.45, 2.75) is 38.5 Å². The van der Waals surface area contributed by atoms with Crippen LogP contribution >= 0.6 is 0 Å². The van der Waals surface area contributed by atoms with Crippen LogP contribution in [-0.2, 0) is 24.5 Å². The zero-order valence-electron chi connectivity index (χ0n) is 13.5. The maximum Gasteiger partial charge on any atom is 0.321 e.